The molecule has 1 unspecified atom stereocenters. The molecule has 0 amide bonds. The molecular weight excluding hydrogens is 423 g/mol. The molecule has 0 spiro atoms. The van der Waals surface area contributed by atoms with Crippen molar-refractivity contribution in [1.82, 2.24) is 9.78 Å². The Bertz CT molecular complexity index is 1310. The number of likely N-dealkylation sites (N-methyl/N-ethyl adjacent to an activating group) is 1. The van der Waals surface area contributed by atoms with E-state index in [9.17, 15) is 0 Å². The molecule has 7 heteroatoms. The molecule has 158 valence electrons. The number of para-hydroxylation sites is 2. The predicted molar refractivity (Wildman–Crippen MR) is 132 cm³/mol. The van der Waals surface area contributed by atoms with Gasteiger partial charge in [-0.15, -0.1) is 0 Å². The van der Waals surface area contributed by atoms with Gasteiger partial charge in [-0.2, -0.15) is 5.10 Å². The number of aliphatic imine (C=N–C) groups is 1. The normalized spacial score (nSPS) is 23.7. The highest BCUT2D eigenvalue weighted by Gasteiger charge is 2.46. The molecule has 2 aromatic carbocycles. The molecule has 0 saturated carbocycles. The van der Waals surface area contributed by atoms with E-state index in [0.717, 1.165) is 33.5 Å². The zero-order valence-electron chi connectivity index (χ0n) is 18.3. The molecule has 0 saturated heterocycles. The van der Waals surface area contributed by atoms with E-state index in [1.807, 2.05) is 48.2 Å². The van der Waals surface area contributed by atoms with Crippen LogP contribution in [0.15, 0.2) is 70.6 Å². The highest BCUT2D eigenvalue weighted by molar-refractivity contribution is 8.18. The fourth-order valence-electron chi connectivity index (χ4n) is 4.83. The summed E-state index contributed by atoms with van der Waals surface area (Å²) >= 11 is 6.39. The van der Waals surface area contributed by atoms with Crippen molar-refractivity contribution in [3.8, 4) is 5.69 Å². The molecule has 31 heavy (non-hydrogen) atoms. The molecule has 2 aliphatic rings. The quantitative estimate of drug-likeness (QED) is 0.506. The number of aryl methyl sites for hydroxylation is 1. The third kappa shape index (κ3) is 2.75. The first kappa shape index (κ1) is 20.4. The number of nitrogens with zero attached hydrogens (tertiary/aromatic N) is 4. The fourth-order valence-corrected chi connectivity index (χ4v) is 8.14. The number of fused-ring (bicyclic) bond motifs is 2. The molecule has 2 aliphatic heterocycles. The van der Waals surface area contributed by atoms with Crippen molar-refractivity contribution in [2.75, 3.05) is 19.1 Å². The fraction of sp³-hybridized carbons (Fsp3) is 0.250. The lowest BCUT2D eigenvalue weighted by Gasteiger charge is -2.33. The minimum absolute atomic E-state index is 0.223. The first-order valence-electron chi connectivity index (χ1n) is 10.2. The summed E-state index contributed by atoms with van der Waals surface area (Å²) in [5.41, 5.74) is 6.93. The van der Waals surface area contributed by atoms with Crippen LogP contribution in [0.5, 0.6) is 0 Å². The number of anilines is 1. The molecule has 0 bridgehead atoms. The minimum Gasteiger partial charge on any atom is -0.346 e. The van der Waals surface area contributed by atoms with Gasteiger partial charge in [-0.25, -0.2) is 4.68 Å². The summed E-state index contributed by atoms with van der Waals surface area (Å²) < 4.78 is 8.17. The molecular formula is C24H25N4OPS. The Kier molecular flexibility index (Phi) is 4.60. The van der Waals surface area contributed by atoms with Crippen molar-refractivity contribution in [3.05, 3.63) is 76.9 Å². The zero-order chi connectivity index (χ0) is 22.0. The Labute approximate surface area is 188 Å². The summed E-state index contributed by atoms with van der Waals surface area (Å²) in [6.45, 7) is 6.47. The topological polar surface area (TPSA) is 42.6 Å². The van der Waals surface area contributed by atoms with E-state index >= 15 is 0 Å². The second kappa shape index (κ2) is 6.99. The van der Waals surface area contributed by atoms with Gasteiger partial charge in [-0.3, -0.25) is 4.99 Å². The van der Waals surface area contributed by atoms with Gasteiger partial charge in [0, 0.05) is 37.2 Å². The molecule has 1 aromatic heterocycles. The first-order chi connectivity index (χ1) is 14.8. The summed E-state index contributed by atoms with van der Waals surface area (Å²) in [5.74, 6) is 0. The molecule has 0 radical (unpaired) electrons. The molecule has 5 nitrogen and oxygen atoms in total. The predicted octanol–water partition coefficient (Wildman–Crippen LogP) is 5.20. The number of aromatic nitrogens is 2. The Balaban J connectivity index is 1.81. The lowest BCUT2D eigenvalue weighted by atomic mass is 9.84. The summed E-state index contributed by atoms with van der Waals surface area (Å²) in [5, 5.41) is 5.79. The molecule has 0 fully saturated rings. The van der Waals surface area contributed by atoms with Crippen LogP contribution in [0.25, 0.3) is 5.69 Å². The van der Waals surface area contributed by atoms with Crippen molar-refractivity contribution in [2.24, 2.45) is 4.99 Å². The lowest BCUT2D eigenvalue weighted by Crippen LogP contribution is -2.29. The SMILES string of the molecule is COP1(=S)C(=C2N(C)c3ccccc3C2(C)C)C=Nc2c(C)nn(-c3ccccc3)c21. The van der Waals surface area contributed by atoms with Crippen LogP contribution in [0.2, 0.25) is 0 Å². The van der Waals surface area contributed by atoms with Gasteiger partial charge in [0.05, 0.1) is 16.7 Å². The van der Waals surface area contributed by atoms with Crippen LogP contribution < -0.4 is 10.3 Å². The number of hydrogen-bond acceptors (Lipinski definition) is 5. The largest absolute Gasteiger partial charge is 0.346 e. The average molecular weight is 449 g/mol. The van der Waals surface area contributed by atoms with Gasteiger partial charge in [0.25, 0.3) is 0 Å². The van der Waals surface area contributed by atoms with Crippen molar-refractivity contribution in [2.45, 2.75) is 26.2 Å². The maximum absolute atomic E-state index is 6.39. The van der Waals surface area contributed by atoms with Crippen LogP contribution in [0.4, 0.5) is 11.4 Å². The maximum atomic E-state index is 6.39. The van der Waals surface area contributed by atoms with Crippen molar-refractivity contribution in [1.29, 1.82) is 0 Å². The zero-order valence-corrected chi connectivity index (χ0v) is 20.0. The lowest BCUT2D eigenvalue weighted by molar-refractivity contribution is 0.468. The third-order valence-electron chi connectivity index (χ3n) is 6.28. The Hall–Kier alpha value is -2.53. The van der Waals surface area contributed by atoms with Crippen molar-refractivity contribution >= 4 is 41.1 Å². The Morgan fingerprint density at radius 2 is 1.71 bits per heavy atom. The summed E-state index contributed by atoms with van der Waals surface area (Å²) in [7, 11) is 3.82. The van der Waals surface area contributed by atoms with Crippen molar-refractivity contribution in [3.63, 3.8) is 0 Å². The smallest absolute Gasteiger partial charge is 0.146 e. The molecule has 0 N–H and O–H groups in total. The Morgan fingerprint density at radius 1 is 1.03 bits per heavy atom. The van der Waals surface area contributed by atoms with Crippen LogP contribution >= 0.6 is 6.26 Å². The third-order valence-corrected chi connectivity index (χ3v) is 10.3. The van der Waals surface area contributed by atoms with E-state index < -0.39 is 6.26 Å². The van der Waals surface area contributed by atoms with Gasteiger partial charge < -0.3 is 9.42 Å². The van der Waals surface area contributed by atoms with Gasteiger partial charge in [-0.1, -0.05) is 62.1 Å². The van der Waals surface area contributed by atoms with E-state index in [1.54, 1.807) is 7.11 Å². The van der Waals surface area contributed by atoms with Crippen LogP contribution in [0.1, 0.15) is 25.1 Å². The van der Waals surface area contributed by atoms with Gasteiger partial charge in [0.2, 0.25) is 0 Å². The average Bonchev–Trinajstić information content (AvgIpc) is 3.22. The highest BCUT2D eigenvalue weighted by atomic mass is 32.4. The monoisotopic (exact) mass is 448 g/mol. The van der Waals surface area contributed by atoms with E-state index in [4.69, 9.17) is 26.4 Å². The van der Waals surface area contributed by atoms with Crippen LogP contribution in [-0.2, 0) is 21.7 Å². The molecule has 5 rings (SSSR count). The van der Waals surface area contributed by atoms with Crippen LogP contribution in [-0.4, -0.2) is 30.2 Å². The standard InChI is InChI=1S/C24H25N4OPS/c1-16-21-23(28(26-16)17-11-7-6-8-12-17)30(31,29-5)20(15-25-21)22-24(2,3)18-13-9-10-14-19(18)27(22)4/h6-15H,1-5H3. The van der Waals surface area contributed by atoms with E-state index in [-0.39, 0.29) is 5.41 Å². The van der Waals surface area contributed by atoms with Crippen molar-refractivity contribution < 1.29 is 4.52 Å². The number of benzene rings is 2. The van der Waals surface area contributed by atoms with Gasteiger partial charge in [0.1, 0.15) is 17.4 Å². The van der Waals surface area contributed by atoms with Gasteiger partial charge in [0.15, 0.2) is 0 Å². The summed E-state index contributed by atoms with van der Waals surface area (Å²) in [4.78, 5) is 7.11. The summed E-state index contributed by atoms with van der Waals surface area (Å²) in [6.07, 6.45) is -0.722. The van der Waals surface area contributed by atoms with E-state index in [2.05, 4.69) is 50.1 Å². The molecule has 1 atom stereocenters. The maximum Gasteiger partial charge on any atom is 0.146 e. The number of rotatable bonds is 2. The highest BCUT2D eigenvalue weighted by Crippen LogP contribution is 2.62. The van der Waals surface area contributed by atoms with Crippen LogP contribution in [0.3, 0.4) is 0 Å². The number of allylic oxidation sites excluding steroid dienone is 2. The van der Waals surface area contributed by atoms with Crippen LogP contribution in [0, 0.1) is 6.92 Å². The Morgan fingerprint density at radius 3 is 2.39 bits per heavy atom. The second-order valence-electron chi connectivity index (χ2n) is 8.43. The van der Waals surface area contributed by atoms with Gasteiger partial charge >= 0.3 is 0 Å². The number of hydrogen-bond donors (Lipinski definition) is 0. The van der Waals surface area contributed by atoms with E-state index in [1.165, 1.54) is 11.3 Å². The second-order valence-corrected chi connectivity index (χ2v) is 12.3. The molecule has 3 aromatic rings. The minimum atomic E-state index is -2.65. The molecule has 0 aliphatic carbocycles. The molecule has 3 heterocycles. The van der Waals surface area contributed by atoms with E-state index in [0.29, 0.717) is 0 Å². The first-order valence-corrected chi connectivity index (χ1v) is 13.0. The summed E-state index contributed by atoms with van der Waals surface area (Å²) in [6, 6.07) is 18.6. The van der Waals surface area contributed by atoms with Gasteiger partial charge in [-0.05, 0) is 30.7 Å².